The van der Waals surface area contributed by atoms with Crippen molar-refractivity contribution in [3.05, 3.63) is 29.3 Å². The van der Waals surface area contributed by atoms with Crippen LogP contribution >= 0.6 is 0 Å². The molecule has 0 saturated heterocycles. The molecule has 0 heterocycles. The van der Waals surface area contributed by atoms with Crippen molar-refractivity contribution in [3.63, 3.8) is 0 Å². The van der Waals surface area contributed by atoms with Crippen molar-refractivity contribution in [2.75, 3.05) is 6.54 Å². The molecule has 1 fully saturated rings. The third-order valence-electron chi connectivity index (χ3n) is 4.04. The first-order valence-electron chi connectivity index (χ1n) is 7.53. The van der Waals surface area contributed by atoms with Gasteiger partial charge in [-0.15, -0.1) is 0 Å². The highest BCUT2D eigenvalue weighted by molar-refractivity contribution is 7.83. The zero-order chi connectivity index (χ0) is 18.0. The summed E-state index contributed by atoms with van der Waals surface area (Å²) in [5.74, 6) is 0.183. The van der Waals surface area contributed by atoms with E-state index in [2.05, 4.69) is 4.72 Å². The van der Waals surface area contributed by atoms with Gasteiger partial charge >= 0.3 is 12.4 Å². The third-order valence-corrected chi connectivity index (χ3v) is 5.21. The van der Waals surface area contributed by atoms with Gasteiger partial charge in [0.15, 0.2) is 0 Å². The van der Waals surface area contributed by atoms with Gasteiger partial charge in [0.25, 0.3) is 0 Å². The maximum Gasteiger partial charge on any atom is 0.417 e. The molecule has 1 saturated carbocycles. The zero-order valence-corrected chi connectivity index (χ0v) is 13.5. The first-order chi connectivity index (χ1) is 11.1. The summed E-state index contributed by atoms with van der Waals surface area (Å²) in [7, 11) is -2.36. The van der Waals surface area contributed by atoms with E-state index < -0.39 is 39.4 Å². The van der Waals surface area contributed by atoms with Crippen LogP contribution in [0.25, 0.3) is 0 Å². The van der Waals surface area contributed by atoms with Crippen molar-refractivity contribution in [1.82, 2.24) is 4.72 Å². The van der Waals surface area contributed by atoms with Crippen molar-refractivity contribution >= 4 is 11.0 Å². The Kier molecular flexibility index (Phi) is 5.95. The molecular formula is C15H17F6NOS. The second-order valence-electron chi connectivity index (χ2n) is 5.83. The Morgan fingerprint density at radius 3 is 2.17 bits per heavy atom. The lowest BCUT2D eigenvalue weighted by Gasteiger charge is -2.22. The molecule has 1 aromatic rings. The van der Waals surface area contributed by atoms with Crippen molar-refractivity contribution in [2.24, 2.45) is 5.92 Å². The molecule has 1 aliphatic rings. The van der Waals surface area contributed by atoms with E-state index in [9.17, 15) is 30.6 Å². The van der Waals surface area contributed by atoms with Crippen molar-refractivity contribution in [1.29, 1.82) is 0 Å². The third kappa shape index (κ3) is 4.95. The van der Waals surface area contributed by atoms with Gasteiger partial charge in [0.05, 0.1) is 16.0 Å². The Labute approximate surface area is 138 Å². The summed E-state index contributed by atoms with van der Waals surface area (Å²) in [5, 5.41) is 0. The molecule has 0 bridgehead atoms. The van der Waals surface area contributed by atoms with E-state index in [0.717, 1.165) is 32.1 Å². The molecule has 1 aliphatic carbocycles. The molecule has 24 heavy (non-hydrogen) atoms. The molecule has 1 atom stereocenters. The molecule has 0 radical (unpaired) electrons. The van der Waals surface area contributed by atoms with Gasteiger partial charge in [-0.2, -0.15) is 26.3 Å². The standard InChI is InChI=1S/C15H17F6NOS/c16-14(17,18)11-6-7-12(15(19,20)21)13(8-11)24(23)22-9-10-4-2-1-3-5-10/h6-8,10,22H,1-5,9H2. The van der Waals surface area contributed by atoms with Crippen LogP contribution in [0, 0.1) is 5.92 Å². The average Bonchev–Trinajstić information content (AvgIpc) is 2.51. The molecule has 2 nitrogen and oxygen atoms in total. The Bertz CT molecular complexity index is 593. The Morgan fingerprint density at radius 1 is 1.00 bits per heavy atom. The summed E-state index contributed by atoms with van der Waals surface area (Å²) in [6, 6.07) is 0.996. The highest BCUT2D eigenvalue weighted by Crippen LogP contribution is 2.37. The fourth-order valence-electron chi connectivity index (χ4n) is 2.75. The van der Waals surface area contributed by atoms with E-state index in [1.54, 1.807) is 0 Å². The molecule has 1 aromatic carbocycles. The number of hydrogen-bond acceptors (Lipinski definition) is 1. The van der Waals surface area contributed by atoms with E-state index >= 15 is 0 Å². The molecule has 1 N–H and O–H groups in total. The van der Waals surface area contributed by atoms with Crippen molar-refractivity contribution in [2.45, 2.75) is 49.4 Å². The molecule has 9 heteroatoms. The largest absolute Gasteiger partial charge is 0.417 e. The molecule has 136 valence electrons. The Hall–Kier alpha value is -1.09. The van der Waals surface area contributed by atoms with Gasteiger partial charge in [0, 0.05) is 6.54 Å². The number of hydrogen-bond donors (Lipinski definition) is 1. The number of alkyl halides is 6. The van der Waals surface area contributed by atoms with Gasteiger partial charge in [-0.1, -0.05) is 19.3 Å². The normalized spacial score (nSPS) is 18.6. The number of halogens is 6. The minimum Gasteiger partial charge on any atom is -0.237 e. The van der Waals surface area contributed by atoms with Crippen LogP contribution in [-0.2, 0) is 23.3 Å². The van der Waals surface area contributed by atoms with Gasteiger partial charge in [-0.25, -0.2) is 8.93 Å². The summed E-state index contributed by atoms with van der Waals surface area (Å²) in [6.45, 7) is 0.222. The molecule has 2 rings (SSSR count). The van der Waals surface area contributed by atoms with Crippen LogP contribution in [0.3, 0.4) is 0 Å². The van der Waals surface area contributed by atoms with E-state index in [1.165, 1.54) is 0 Å². The topological polar surface area (TPSA) is 29.1 Å². The number of nitrogens with one attached hydrogen (secondary N) is 1. The minimum absolute atomic E-state index is 0.183. The van der Waals surface area contributed by atoms with Gasteiger partial charge in [0.1, 0.15) is 11.0 Å². The number of rotatable bonds is 4. The average molecular weight is 373 g/mol. The second-order valence-corrected chi connectivity index (χ2v) is 7.09. The zero-order valence-electron chi connectivity index (χ0n) is 12.6. The fourth-order valence-corrected chi connectivity index (χ4v) is 3.91. The fraction of sp³-hybridized carbons (Fsp3) is 0.600. The predicted octanol–water partition coefficient (Wildman–Crippen LogP) is 4.92. The lowest BCUT2D eigenvalue weighted by atomic mass is 9.90. The van der Waals surface area contributed by atoms with E-state index in [-0.39, 0.29) is 12.5 Å². The monoisotopic (exact) mass is 373 g/mol. The molecule has 0 aliphatic heterocycles. The van der Waals surface area contributed by atoms with E-state index in [0.29, 0.717) is 18.2 Å². The molecular weight excluding hydrogens is 356 g/mol. The maximum absolute atomic E-state index is 13.0. The summed E-state index contributed by atoms with van der Waals surface area (Å²) in [6.07, 6.45) is -4.84. The first-order valence-corrected chi connectivity index (χ1v) is 8.67. The highest BCUT2D eigenvalue weighted by Gasteiger charge is 2.38. The van der Waals surface area contributed by atoms with Gasteiger partial charge in [-0.3, -0.25) is 0 Å². The Morgan fingerprint density at radius 2 is 1.62 bits per heavy atom. The molecule has 0 amide bonds. The van der Waals surface area contributed by atoms with Crippen LogP contribution in [0.5, 0.6) is 0 Å². The van der Waals surface area contributed by atoms with E-state index in [1.807, 2.05) is 0 Å². The van der Waals surface area contributed by atoms with Crippen LogP contribution in [0.2, 0.25) is 0 Å². The summed E-state index contributed by atoms with van der Waals surface area (Å²) >= 11 is 0. The lowest BCUT2D eigenvalue weighted by Crippen LogP contribution is -2.28. The first kappa shape index (κ1) is 19.2. The van der Waals surface area contributed by atoms with Crippen LogP contribution < -0.4 is 4.72 Å². The van der Waals surface area contributed by atoms with E-state index in [4.69, 9.17) is 0 Å². The predicted molar refractivity (Wildman–Crippen MR) is 77.4 cm³/mol. The molecule has 1 unspecified atom stereocenters. The van der Waals surface area contributed by atoms with Crippen LogP contribution in [0.4, 0.5) is 26.3 Å². The summed E-state index contributed by atoms with van der Waals surface area (Å²) in [5.41, 5.74) is -2.57. The quantitative estimate of drug-likeness (QED) is 0.746. The highest BCUT2D eigenvalue weighted by atomic mass is 32.2. The summed E-state index contributed by atoms with van der Waals surface area (Å²) < 4.78 is 91.8. The van der Waals surface area contributed by atoms with Gasteiger partial charge in [-0.05, 0) is 37.0 Å². The minimum atomic E-state index is -4.87. The van der Waals surface area contributed by atoms with Gasteiger partial charge in [0.2, 0.25) is 0 Å². The maximum atomic E-state index is 13.0. The van der Waals surface area contributed by atoms with Gasteiger partial charge < -0.3 is 0 Å². The smallest absolute Gasteiger partial charge is 0.237 e. The van der Waals surface area contributed by atoms with Crippen LogP contribution in [0.15, 0.2) is 23.1 Å². The van der Waals surface area contributed by atoms with Crippen molar-refractivity contribution < 1.29 is 30.6 Å². The Balaban J connectivity index is 2.22. The lowest BCUT2D eigenvalue weighted by molar-refractivity contribution is -0.143. The SMILES string of the molecule is O=S(NCC1CCCCC1)c1cc(C(F)(F)F)ccc1C(F)(F)F. The molecule has 0 aromatic heterocycles. The number of benzene rings is 1. The second kappa shape index (κ2) is 7.43. The van der Waals surface area contributed by atoms with Crippen molar-refractivity contribution in [3.8, 4) is 0 Å². The molecule has 0 spiro atoms. The summed E-state index contributed by atoms with van der Waals surface area (Å²) in [4.78, 5) is -0.881. The van der Waals surface area contributed by atoms with Crippen LogP contribution in [-0.4, -0.2) is 10.8 Å². The van der Waals surface area contributed by atoms with Crippen LogP contribution in [0.1, 0.15) is 43.2 Å².